The lowest BCUT2D eigenvalue weighted by Crippen LogP contribution is -2.26. The van der Waals surface area contributed by atoms with Crippen LogP contribution in [0.25, 0.3) is 11.1 Å². The van der Waals surface area contributed by atoms with Gasteiger partial charge < -0.3 is 10.1 Å². The van der Waals surface area contributed by atoms with E-state index < -0.39 is 0 Å². The third-order valence-electron chi connectivity index (χ3n) is 3.82. The van der Waals surface area contributed by atoms with Crippen molar-refractivity contribution in [1.82, 2.24) is 20.7 Å². The number of rotatable bonds is 5. The molecule has 0 saturated heterocycles. The van der Waals surface area contributed by atoms with Gasteiger partial charge in [-0.1, -0.05) is 42.5 Å². The normalized spacial score (nSPS) is 11.8. The number of carbonyl (C=O) groups is 1. The number of H-pyrrole nitrogens is 1. The van der Waals surface area contributed by atoms with Gasteiger partial charge in [-0.05, 0) is 24.1 Å². The van der Waals surface area contributed by atoms with E-state index in [4.69, 9.17) is 4.74 Å². The molecule has 1 heterocycles. The van der Waals surface area contributed by atoms with Gasteiger partial charge in [0.15, 0.2) is 5.69 Å². The highest BCUT2D eigenvalue weighted by Crippen LogP contribution is 2.30. The van der Waals surface area contributed by atoms with Gasteiger partial charge >= 0.3 is 0 Å². The molecular formula is C18H18N4O2. The van der Waals surface area contributed by atoms with E-state index in [1.165, 1.54) is 6.20 Å². The molecule has 0 saturated carbocycles. The second-order valence-corrected chi connectivity index (χ2v) is 5.37. The van der Waals surface area contributed by atoms with Gasteiger partial charge in [0, 0.05) is 5.56 Å². The maximum atomic E-state index is 12.0. The van der Waals surface area contributed by atoms with Crippen molar-refractivity contribution in [3.05, 3.63) is 66.0 Å². The number of amides is 1. The Kier molecular flexibility index (Phi) is 4.56. The molecule has 3 rings (SSSR count). The molecule has 1 atom stereocenters. The first-order valence-electron chi connectivity index (χ1n) is 7.59. The Hall–Kier alpha value is -3.15. The Balaban J connectivity index is 1.75. The molecule has 3 aromatic rings. The number of hydrogen-bond donors (Lipinski definition) is 2. The van der Waals surface area contributed by atoms with Crippen LogP contribution >= 0.6 is 0 Å². The molecule has 6 nitrogen and oxygen atoms in total. The summed E-state index contributed by atoms with van der Waals surface area (Å²) in [5, 5.41) is 12.7. The minimum atomic E-state index is -0.259. The van der Waals surface area contributed by atoms with E-state index in [-0.39, 0.29) is 17.6 Å². The summed E-state index contributed by atoms with van der Waals surface area (Å²) in [5.41, 5.74) is 3.37. The molecule has 0 radical (unpaired) electrons. The number of aromatic amines is 1. The highest BCUT2D eigenvalue weighted by atomic mass is 16.5. The van der Waals surface area contributed by atoms with Crippen LogP contribution in [0.3, 0.4) is 0 Å². The number of methoxy groups -OCH3 is 1. The standard InChI is InChI=1S/C18H18N4O2/c1-12(20-18(23)16-11-19-22-21-16)13-7-9-14(10-8-13)15-5-3-4-6-17(15)24-2/h3-12H,1-2H3,(H,20,23)(H,19,21,22). The summed E-state index contributed by atoms with van der Waals surface area (Å²) in [7, 11) is 1.66. The Bertz CT molecular complexity index is 813. The number of benzene rings is 2. The van der Waals surface area contributed by atoms with Crippen molar-refractivity contribution >= 4 is 5.91 Å². The van der Waals surface area contributed by atoms with E-state index in [1.807, 2.05) is 55.5 Å². The van der Waals surface area contributed by atoms with Gasteiger partial charge in [-0.15, -0.1) is 0 Å². The van der Waals surface area contributed by atoms with Crippen LogP contribution in [-0.4, -0.2) is 28.4 Å². The maximum absolute atomic E-state index is 12.0. The minimum absolute atomic E-state index is 0.138. The van der Waals surface area contributed by atoms with Crippen molar-refractivity contribution in [1.29, 1.82) is 0 Å². The van der Waals surface area contributed by atoms with Crippen molar-refractivity contribution in [2.24, 2.45) is 0 Å². The van der Waals surface area contributed by atoms with E-state index in [9.17, 15) is 4.79 Å². The fourth-order valence-electron chi connectivity index (χ4n) is 2.50. The summed E-state index contributed by atoms with van der Waals surface area (Å²) < 4.78 is 5.40. The van der Waals surface area contributed by atoms with Gasteiger partial charge in [-0.2, -0.15) is 15.4 Å². The first-order chi connectivity index (χ1) is 11.7. The van der Waals surface area contributed by atoms with E-state index >= 15 is 0 Å². The molecule has 0 fully saturated rings. The van der Waals surface area contributed by atoms with E-state index in [1.54, 1.807) is 7.11 Å². The van der Waals surface area contributed by atoms with Crippen LogP contribution in [0.4, 0.5) is 0 Å². The number of ether oxygens (including phenoxy) is 1. The molecule has 1 aromatic heterocycles. The van der Waals surface area contributed by atoms with Crippen LogP contribution in [0, 0.1) is 0 Å². The summed E-state index contributed by atoms with van der Waals surface area (Å²) in [4.78, 5) is 12.0. The molecule has 0 aliphatic rings. The third-order valence-corrected chi connectivity index (χ3v) is 3.82. The Morgan fingerprint density at radius 3 is 2.58 bits per heavy atom. The highest BCUT2D eigenvalue weighted by Gasteiger charge is 2.14. The predicted molar refractivity (Wildman–Crippen MR) is 90.7 cm³/mol. The van der Waals surface area contributed by atoms with Crippen LogP contribution in [0.15, 0.2) is 54.7 Å². The van der Waals surface area contributed by atoms with Gasteiger partial charge in [0.05, 0.1) is 19.3 Å². The highest BCUT2D eigenvalue weighted by molar-refractivity contribution is 5.92. The zero-order valence-electron chi connectivity index (χ0n) is 13.5. The summed E-state index contributed by atoms with van der Waals surface area (Å²) in [6, 6.07) is 15.8. The Morgan fingerprint density at radius 1 is 1.17 bits per heavy atom. The lowest BCUT2D eigenvalue weighted by atomic mass is 10.0. The van der Waals surface area contributed by atoms with E-state index in [2.05, 4.69) is 20.7 Å². The molecule has 0 bridgehead atoms. The van der Waals surface area contributed by atoms with Crippen LogP contribution < -0.4 is 10.1 Å². The second-order valence-electron chi connectivity index (χ2n) is 5.37. The number of carbonyl (C=O) groups excluding carboxylic acids is 1. The van der Waals surface area contributed by atoms with Crippen LogP contribution in [0.2, 0.25) is 0 Å². The third kappa shape index (κ3) is 3.27. The molecule has 0 aliphatic carbocycles. The van der Waals surface area contributed by atoms with Crippen molar-refractivity contribution in [3.63, 3.8) is 0 Å². The maximum Gasteiger partial charge on any atom is 0.273 e. The fraction of sp³-hybridized carbons (Fsp3) is 0.167. The molecule has 2 N–H and O–H groups in total. The summed E-state index contributed by atoms with van der Waals surface area (Å²) in [5.74, 6) is 0.572. The fourth-order valence-corrected chi connectivity index (χ4v) is 2.50. The number of aromatic nitrogens is 3. The Morgan fingerprint density at radius 2 is 1.92 bits per heavy atom. The summed E-state index contributed by atoms with van der Waals surface area (Å²) in [6.07, 6.45) is 1.40. The number of nitrogens with zero attached hydrogens (tertiary/aromatic N) is 2. The smallest absolute Gasteiger partial charge is 0.273 e. The molecular weight excluding hydrogens is 304 g/mol. The lowest BCUT2D eigenvalue weighted by molar-refractivity contribution is 0.0935. The Labute approximate surface area is 139 Å². The summed E-state index contributed by atoms with van der Waals surface area (Å²) >= 11 is 0. The van der Waals surface area contributed by atoms with Gasteiger partial charge in [0.25, 0.3) is 5.91 Å². The molecule has 1 amide bonds. The molecule has 0 aliphatic heterocycles. The SMILES string of the molecule is COc1ccccc1-c1ccc(C(C)NC(=O)c2cn[nH]n2)cc1. The number of para-hydroxylation sites is 1. The molecule has 24 heavy (non-hydrogen) atoms. The van der Waals surface area contributed by atoms with Gasteiger partial charge in [-0.3, -0.25) is 4.79 Å². The van der Waals surface area contributed by atoms with E-state index in [0.717, 1.165) is 22.4 Å². The quantitative estimate of drug-likeness (QED) is 0.757. The predicted octanol–water partition coefficient (Wildman–Crippen LogP) is 2.97. The van der Waals surface area contributed by atoms with Crippen LogP contribution in [-0.2, 0) is 0 Å². The molecule has 122 valence electrons. The first-order valence-corrected chi connectivity index (χ1v) is 7.59. The van der Waals surface area contributed by atoms with Crippen LogP contribution in [0.5, 0.6) is 5.75 Å². The minimum Gasteiger partial charge on any atom is -0.496 e. The number of nitrogens with one attached hydrogen (secondary N) is 2. The van der Waals surface area contributed by atoms with Crippen molar-refractivity contribution < 1.29 is 9.53 Å². The van der Waals surface area contributed by atoms with Gasteiger partial charge in [0.2, 0.25) is 0 Å². The second kappa shape index (κ2) is 6.95. The van der Waals surface area contributed by atoms with Crippen molar-refractivity contribution in [2.75, 3.05) is 7.11 Å². The van der Waals surface area contributed by atoms with E-state index in [0.29, 0.717) is 0 Å². The van der Waals surface area contributed by atoms with Crippen molar-refractivity contribution in [3.8, 4) is 16.9 Å². The van der Waals surface area contributed by atoms with Gasteiger partial charge in [0.1, 0.15) is 5.75 Å². The molecule has 6 heteroatoms. The van der Waals surface area contributed by atoms with Crippen LogP contribution in [0.1, 0.15) is 29.0 Å². The average molecular weight is 322 g/mol. The average Bonchev–Trinajstić information content (AvgIpc) is 3.16. The van der Waals surface area contributed by atoms with Gasteiger partial charge in [-0.25, -0.2) is 0 Å². The largest absolute Gasteiger partial charge is 0.496 e. The lowest BCUT2D eigenvalue weighted by Gasteiger charge is -2.14. The topological polar surface area (TPSA) is 79.9 Å². The number of hydrogen-bond acceptors (Lipinski definition) is 4. The van der Waals surface area contributed by atoms with Crippen molar-refractivity contribution in [2.45, 2.75) is 13.0 Å². The zero-order chi connectivity index (χ0) is 16.9. The monoisotopic (exact) mass is 322 g/mol. The first kappa shape index (κ1) is 15.7. The summed E-state index contributed by atoms with van der Waals surface area (Å²) in [6.45, 7) is 1.93. The molecule has 2 aromatic carbocycles. The zero-order valence-corrected chi connectivity index (χ0v) is 13.5. The molecule has 1 unspecified atom stereocenters. The molecule has 0 spiro atoms.